The SMILES string of the molecule is CC(C)(C)OC(=O)N1C[C@H](O[Si](C)(C)C(C)(C)C)C[C@H]1[C@H](O)[C@H]1[C@H](O)[C@H]2CO[C@H](O2)[C@@H]1OCc1ccccc1. The molecule has 3 aliphatic heterocycles. The number of amides is 1. The summed E-state index contributed by atoms with van der Waals surface area (Å²) in [5.74, 6) is -0.735. The van der Waals surface area contributed by atoms with Gasteiger partial charge in [0.05, 0.1) is 37.6 Å². The Bertz CT molecular complexity index is 978. The second-order valence-electron chi connectivity index (χ2n) is 13.6. The van der Waals surface area contributed by atoms with Gasteiger partial charge in [-0.3, -0.25) is 4.90 Å². The van der Waals surface area contributed by atoms with Crippen molar-refractivity contribution in [2.75, 3.05) is 13.2 Å². The minimum absolute atomic E-state index is 0.00966. The van der Waals surface area contributed by atoms with Crippen LogP contribution >= 0.6 is 0 Å². The third-order valence-corrected chi connectivity index (χ3v) is 13.0. The molecule has 1 aromatic carbocycles. The van der Waals surface area contributed by atoms with E-state index < -0.39 is 62.7 Å². The summed E-state index contributed by atoms with van der Waals surface area (Å²) in [4.78, 5) is 15.0. The van der Waals surface area contributed by atoms with Gasteiger partial charge in [0.1, 0.15) is 17.8 Å². The van der Waals surface area contributed by atoms with Gasteiger partial charge in [0.15, 0.2) is 14.6 Å². The lowest BCUT2D eigenvalue weighted by atomic mass is 9.81. The molecule has 8 atom stereocenters. The van der Waals surface area contributed by atoms with Crippen molar-refractivity contribution in [3.05, 3.63) is 35.9 Å². The van der Waals surface area contributed by atoms with Crippen LogP contribution in [0.2, 0.25) is 18.1 Å². The number of benzene rings is 1. The highest BCUT2D eigenvalue weighted by Gasteiger charge is 2.57. The van der Waals surface area contributed by atoms with Crippen molar-refractivity contribution in [2.24, 2.45) is 5.92 Å². The van der Waals surface area contributed by atoms with Crippen molar-refractivity contribution >= 4 is 14.4 Å². The van der Waals surface area contributed by atoms with Crippen molar-refractivity contribution < 1.29 is 38.4 Å². The summed E-state index contributed by atoms with van der Waals surface area (Å²) in [5.41, 5.74) is 0.261. The van der Waals surface area contributed by atoms with E-state index in [0.717, 1.165) is 5.56 Å². The molecule has 4 rings (SSSR count). The van der Waals surface area contributed by atoms with Crippen LogP contribution in [-0.4, -0.2) is 91.1 Å². The van der Waals surface area contributed by atoms with E-state index in [4.69, 9.17) is 23.4 Å². The monoisotopic (exact) mass is 565 g/mol. The topological polar surface area (TPSA) is 107 Å². The molecule has 0 radical (unpaired) electrons. The first-order valence-electron chi connectivity index (χ1n) is 14.0. The zero-order chi connectivity index (χ0) is 28.8. The van der Waals surface area contributed by atoms with Crippen LogP contribution < -0.4 is 0 Å². The molecule has 9 nitrogen and oxygen atoms in total. The lowest BCUT2D eigenvalue weighted by Gasteiger charge is -2.43. The highest BCUT2D eigenvalue weighted by Crippen LogP contribution is 2.42. The number of rotatable bonds is 7. The molecular formula is C29H47NO8Si. The quantitative estimate of drug-likeness (QED) is 0.477. The molecule has 220 valence electrons. The van der Waals surface area contributed by atoms with Crippen LogP contribution in [0.3, 0.4) is 0 Å². The minimum atomic E-state index is -2.15. The number of aliphatic hydroxyl groups excluding tert-OH is 2. The van der Waals surface area contributed by atoms with Gasteiger partial charge in [-0.25, -0.2) is 4.79 Å². The fraction of sp³-hybridized carbons (Fsp3) is 0.759. The summed E-state index contributed by atoms with van der Waals surface area (Å²) >= 11 is 0. The molecule has 1 aromatic rings. The maximum atomic E-state index is 13.4. The average Bonchev–Trinajstić information content (AvgIpc) is 3.45. The second kappa shape index (κ2) is 11.4. The molecule has 0 saturated carbocycles. The van der Waals surface area contributed by atoms with Gasteiger partial charge in [0.25, 0.3) is 0 Å². The van der Waals surface area contributed by atoms with Gasteiger partial charge in [0.2, 0.25) is 0 Å². The maximum Gasteiger partial charge on any atom is 0.410 e. The molecular weight excluding hydrogens is 518 g/mol. The van der Waals surface area contributed by atoms with Crippen LogP contribution in [0.5, 0.6) is 0 Å². The third-order valence-electron chi connectivity index (χ3n) is 8.43. The Morgan fingerprint density at radius 3 is 2.44 bits per heavy atom. The average molecular weight is 566 g/mol. The van der Waals surface area contributed by atoms with Crippen molar-refractivity contribution in [3.63, 3.8) is 0 Å². The normalized spacial score (nSPS) is 32.4. The van der Waals surface area contributed by atoms with Gasteiger partial charge in [-0.05, 0) is 50.9 Å². The van der Waals surface area contributed by atoms with Gasteiger partial charge in [-0.15, -0.1) is 0 Å². The van der Waals surface area contributed by atoms with Crippen molar-refractivity contribution in [2.45, 2.75) is 121 Å². The largest absolute Gasteiger partial charge is 0.444 e. The van der Waals surface area contributed by atoms with E-state index in [1.165, 1.54) is 0 Å². The standard InChI is InChI=1S/C29H47NO8Si/c1-28(2,3)37-27(33)30-15-19(38-39(7,8)29(4,5)6)14-20(30)23(31)22-24(32)21-17-35-26(36-21)25(22)34-16-18-12-10-9-11-13-18/h9-13,19-26,31-32H,14-17H2,1-8H3/t19-,20+,21-,22+,23+,24-,25-,26-/m1/s1. The van der Waals surface area contributed by atoms with Crippen molar-refractivity contribution in [1.82, 2.24) is 4.90 Å². The van der Waals surface area contributed by atoms with E-state index in [1.54, 1.807) is 4.90 Å². The summed E-state index contributed by atoms with van der Waals surface area (Å²) in [6.45, 7) is 17.1. The Labute approximate surface area is 233 Å². The van der Waals surface area contributed by atoms with E-state index in [9.17, 15) is 15.0 Å². The molecule has 0 unspecified atom stereocenters. The summed E-state index contributed by atoms with van der Waals surface area (Å²) in [6.07, 6.45) is -4.48. The van der Waals surface area contributed by atoms with Gasteiger partial charge in [0, 0.05) is 12.5 Å². The highest BCUT2D eigenvalue weighted by molar-refractivity contribution is 6.74. The number of nitrogens with zero attached hydrogens (tertiary/aromatic N) is 1. The highest BCUT2D eigenvalue weighted by atomic mass is 28.4. The third kappa shape index (κ3) is 6.86. The van der Waals surface area contributed by atoms with Gasteiger partial charge in [-0.1, -0.05) is 51.1 Å². The number of aliphatic hydroxyl groups is 2. The van der Waals surface area contributed by atoms with Crippen LogP contribution in [0.1, 0.15) is 53.5 Å². The van der Waals surface area contributed by atoms with E-state index in [2.05, 4.69) is 33.9 Å². The lowest BCUT2D eigenvalue weighted by Crippen LogP contribution is -2.59. The fourth-order valence-corrected chi connectivity index (χ4v) is 6.74. The number of carbonyl (C=O) groups excluding carboxylic acids is 1. The molecule has 3 saturated heterocycles. The van der Waals surface area contributed by atoms with Gasteiger partial charge >= 0.3 is 6.09 Å². The first kappa shape index (κ1) is 30.4. The molecule has 3 aliphatic rings. The van der Waals surface area contributed by atoms with E-state index in [-0.39, 0.29) is 24.4 Å². The Kier molecular flexibility index (Phi) is 8.88. The van der Waals surface area contributed by atoms with Crippen LogP contribution in [0, 0.1) is 5.92 Å². The molecule has 1 amide bonds. The maximum absolute atomic E-state index is 13.4. The number of likely N-dealkylation sites (tertiary alicyclic amines) is 1. The molecule has 2 N–H and O–H groups in total. The first-order valence-corrected chi connectivity index (χ1v) is 16.9. The zero-order valence-corrected chi connectivity index (χ0v) is 25.6. The number of carbonyl (C=O) groups is 1. The van der Waals surface area contributed by atoms with E-state index in [1.807, 2.05) is 51.1 Å². The zero-order valence-electron chi connectivity index (χ0n) is 24.6. The number of ether oxygens (including phenoxy) is 4. The van der Waals surface area contributed by atoms with Gasteiger partial charge < -0.3 is 33.6 Å². The van der Waals surface area contributed by atoms with Crippen molar-refractivity contribution in [3.8, 4) is 0 Å². The Balaban J connectivity index is 1.59. The predicted octanol–water partition coefficient (Wildman–Crippen LogP) is 4.06. The predicted molar refractivity (Wildman–Crippen MR) is 149 cm³/mol. The fourth-order valence-electron chi connectivity index (χ4n) is 5.38. The van der Waals surface area contributed by atoms with Crippen LogP contribution in [0.15, 0.2) is 30.3 Å². The number of fused-ring (bicyclic) bond motifs is 2. The molecule has 2 bridgehead atoms. The van der Waals surface area contributed by atoms with E-state index >= 15 is 0 Å². The Morgan fingerprint density at radius 2 is 1.82 bits per heavy atom. The van der Waals surface area contributed by atoms with Crippen LogP contribution in [-0.2, 0) is 30.0 Å². The summed E-state index contributed by atoms with van der Waals surface area (Å²) in [5, 5.41) is 23.2. The molecule has 3 fully saturated rings. The second-order valence-corrected chi connectivity index (χ2v) is 18.4. The minimum Gasteiger partial charge on any atom is -0.444 e. The Morgan fingerprint density at radius 1 is 1.15 bits per heavy atom. The lowest BCUT2D eigenvalue weighted by molar-refractivity contribution is -0.247. The summed E-state index contributed by atoms with van der Waals surface area (Å²) in [6, 6.07) is 9.07. The molecule has 10 heteroatoms. The Hall–Kier alpha value is -1.53. The van der Waals surface area contributed by atoms with Crippen molar-refractivity contribution in [1.29, 1.82) is 0 Å². The van der Waals surface area contributed by atoms with E-state index in [0.29, 0.717) is 13.0 Å². The molecule has 0 spiro atoms. The van der Waals surface area contributed by atoms with Crippen LogP contribution in [0.25, 0.3) is 0 Å². The molecule has 0 aromatic heterocycles. The molecule has 39 heavy (non-hydrogen) atoms. The summed E-state index contributed by atoms with van der Waals surface area (Å²) in [7, 11) is -2.15. The summed E-state index contributed by atoms with van der Waals surface area (Å²) < 4.78 is 30.4. The molecule has 0 aliphatic carbocycles. The number of hydrogen-bond acceptors (Lipinski definition) is 8. The molecule has 3 heterocycles. The smallest absolute Gasteiger partial charge is 0.410 e. The first-order chi connectivity index (χ1) is 18.1. The van der Waals surface area contributed by atoms with Gasteiger partial charge in [-0.2, -0.15) is 0 Å². The number of hydrogen-bond donors (Lipinski definition) is 2. The van der Waals surface area contributed by atoms with Crippen LogP contribution in [0.4, 0.5) is 4.79 Å².